The van der Waals surface area contributed by atoms with Crippen molar-refractivity contribution in [2.75, 3.05) is 11.9 Å². The SMILES string of the molecule is CN(Cc1ccccc1)c1nc(=NC2CC2)n2nc/c(=C\c3[nH]c(=O)[nH]c3O)c2n1. The Morgan fingerprint density at radius 1 is 1.27 bits per heavy atom. The van der Waals surface area contributed by atoms with Crippen molar-refractivity contribution < 1.29 is 5.11 Å². The van der Waals surface area contributed by atoms with Gasteiger partial charge in [-0.15, -0.1) is 0 Å². The lowest BCUT2D eigenvalue weighted by atomic mass is 10.2. The highest BCUT2D eigenvalue weighted by Crippen LogP contribution is 2.22. The van der Waals surface area contributed by atoms with E-state index in [0.29, 0.717) is 29.0 Å². The lowest BCUT2D eigenvalue weighted by Crippen LogP contribution is -2.28. The van der Waals surface area contributed by atoms with Gasteiger partial charge in [0.2, 0.25) is 11.8 Å². The number of aromatic hydroxyl groups is 1. The second-order valence-corrected chi connectivity index (χ2v) is 7.35. The van der Waals surface area contributed by atoms with Crippen LogP contribution < -0.4 is 21.4 Å². The lowest BCUT2D eigenvalue weighted by molar-refractivity contribution is 0.454. The summed E-state index contributed by atoms with van der Waals surface area (Å²) in [6.07, 6.45) is 5.31. The normalized spacial score (nSPS) is 15.2. The number of nitrogens with zero attached hydrogens (tertiary/aromatic N) is 6. The van der Waals surface area contributed by atoms with Gasteiger partial charge in [0.15, 0.2) is 5.65 Å². The fraction of sp³-hybridized carbons (Fsp3) is 0.250. The van der Waals surface area contributed by atoms with Crippen LogP contribution in [0.3, 0.4) is 0 Å². The Bertz CT molecular complexity index is 1380. The second kappa shape index (κ2) is 7.14. The van der Waals surface area contributed by atoms with Gasteiger partial charge in [0.25, 0.3) is 5.62 Å². The summed E-state index contributed by atoms with van der Waals surface area (Å²) in [6, 6.07) is 10.3. The highest BCUT2D eigenvalue weighted by Gasteiger charge is 2.21. The van der Waals surface area contributed by atoms with Gasteiger partial charge in [0, 0.05) is 18.8 Å². The molecular weight excluding hydrogens is 384 g/mol. The van der Waals surface area contributed by atoms with Gasteiger partial charge in [-0.25, -0.2) is 9.79 Å². The molecule has 152 valence electrons. The van der Waals surface area contributed by atoms with Crippen LogP contribution in [0.2, 0.25) is 0 Å². The highest BCUT2D eigenvalue weighted by atomic mass is 16.3. The second-order valence-electron chi connectivity index (χ2n) is 7.35. The van der Waals surface area contributed by atoms with Gasteiger partial charge in [-0.05, 0) is 24.5 Å². The first kappa shape index (κ1) is 18.1. The zero-order chi connectivity index (χ0) is 20.7. The van der Waals surface area contributed by atoms with Gasteiger partial charge in [-0.3, -0.25) is 4.98 Å². The van der Waals surface area contributed by atoms with Crippen molar-refractivity contribution in [3.05, 3.63) is 69.1 Å². The van der Waals surface area contributed by atoms with Crippen molar-refractivity contribution in [3.63, 3.8) is 0 Å². The number of aromatic amines is 2. The molecule has 5 rings (SSSR count). The molecule has 3 N–H and O–H groups in total. The monoisotopic (exact) mass is 404 g/mol. The average Bonchev–Trinajstić information content (AvgIpc) is 3.37. The number of aromatic nitrogens is 6. The van der Waals surface area contributed by atoms with Crippen LogP contribution in [-0.2, 0) is 6.54 Å². The number of imidazole rings is 1. The summed E-state index contributed by atoms with van der Waals surface area (Å²) in [5, 5.41) is 14.9. The number of hydrogen-bond donors (Lipinski definition) is 3. The predicted octanol–water partition coefficient (Wildman–Crippen LogP) is 0.0935. The van der Waals surface area contributed by atoms with Crippen LogP contribution in [0.1, 0.15) is 24.1 Å². The van der Waals surface area contributed by atoms with Crippen molar-refractivity contribution in [3.8, 4) is 5.88 Å². The summed E-state index contributed by atoms with van der Waals surface area (Å²) in [6.45, 7) is 0.638. The van der Waals surface area contributed by atoms with Crippen LogP contribution in [0.25, 0.3) is 11.7 Å². The predicted molar refractivity (Wildman–Crippen MR) is 110 cm³/mol. The molecule has 4 aromatic rings. The molecule has 10 nitrogen and oxygen atoms in total. The molecule has 1 fully saturated rings. The summed E-state index contributed by atoms with van der Waals surface area (Å²) in [5.41, 5.74) is 1.94. The first-order chi connectivity index (χ1) is 14.6. The molecule has 1 aliphatic carbocycles. The Balaban J connectivity index is 1.65. The summed E-state index contributed by atoms with van der Waals surface area (Å²) < 4.78 is 1.59. The first-order valence-electron chi connectivity index (χ1n) is 9.64. The molecule has 0 spiro atoms. The topological polar surface area (TPSA) is 128 Å². The third kappa shape index (κ3) is 3.54. The van der Waals surface area contributed by atoms with Crippen LogP contribution in [0.15, 0.2) is 46.3 Å². The Morgan fingerprint density at radius 3 is 2.77 bits per heavy atom. The third-order valence-electron chi connectivity index (χ3n) is 4.85. The third-order valence-corrected chi connectivity index (χ3v) is 4.85. The smallest absolute Gasteiger partial charge is 0.326 e. The quantitative estimate of drug-likeness (QED) is 0.433. The van der Waals surface area contributed by atoms with E-state index >= 15 is 0 Å². The summed E-state index contributed by atoms with van der Waals surface area (Å²) in [4.78, 5) is 32.3. The first-order valence-corrected chi connectivity index (χ1v) is 9.64. The number of hydrogen-bond acceptors (Lipinski definition) is 7. The molecule has 0 saturated heterocycles. The average molecular weight is 404 g/mol. The van der Waals surface area contributed by atoms with Crippen molar-refractivity contribution >= 4 is 17.7 Å². The number of fused-ring (bicyclic) bond motifs is 1. The molecule has 1 aromatic carbocycles. The Hall–Kier alpha value is -3.95. The van der Waals surface area contributed by atoms with E-state index in [1.165, 1.54) is 0 Å². The molecular formula is C20H20N8O2. The molecule has 10 heteroatoms. The fourth-order valence-corrected chi connectivity index (χ4v) is 3.17. The number of anilines is 1. The molecule has 0 atom stereocenters. The maximum atomic E-state index is 11.4. The summed E-state index contributed by atoms with van der Waals surface area (Å²) in [5.74, 6) is 0.283. The molecule has 0 bridgehead atoms. The van der Waals surface area contributed by atoms with Gasteiger partial charge >= 0.3 is 5.69 Å². The Morgan fingerprint density at radius 2 is 2.07 bits per heavy atom. The van der Waals surface area contributed by atoms with E-state index in [2.05, 4.69) is 25.0 Å². The largest absolute Gasteiger partial charge is 0.493 e. The summed E-state index contributed by atoms with van der Waals surface area (Å²) in [7, 11) is 1.93. The van der Waals surface area contributed by atoms with Crippen molar-refractivity contribution in [1.82, 2.24) is 29.5 Å². The maximum Gasteiger partial charge on any atom is 0.326 e. The standard InChI is InChI=1S/C20H20N8O2/c1-27(11-12-5-3-2-4-6-12)18-24-16-13(9-15-17(29)25-20(30)23-15)10-21-28(16)19(26-18)22-14-7-8-14/h2-6,9-10,14,29H,7-8,11H2,1H3,(H2,23,25,30)/b13-9+,22-19?. The lowest BCUT2D eigenvalue weighted by Gasteiger charge is -2.17. The minimum atomic E-state index is -0.488. The van der Waals surface area contributed by atoms with Crippen molar-refractivity contribution in [2.45, 2.75) is 25.4 Å². The number of H-pyrrole nitrogens is 2. The van der Waals surface area contributed by atoms with E-state index in [0.717, 1.165) is 18.4 Å². The number of nitrogens with one attached hydrogen (secondary N) is 2. The molecule has 0 amide bonds. The van der Waals surface area contributed by atoms with Crippen LogP contribution in [-0.4, -0.2) is 47.7 Å². The zero-order valence-corrected chi connectivity index (χ0v) is 16.3. The molecule has 3 aromatic heterocycles. The van der Waals surface area contributed by atoms with Crippen molar-refractivity contribution in [1.29, 1.82) is 0 Å². The van der Waals surface area contributed by atoms with Gasteiger partial charge in [0.05, 0.1) is 12.2 Å². The Kier molecular flexibility index (Phi) is 4.31. The molecule has 30 heavy (non-hydrogen) atoms. The molecule has 0 aliphatic heterocycles. The zero-order valence-electron chi connectivity index (χ0n) is 16.3. The van der Waals surface area contributed by atoms with E-state index in [4.69, 9.17) is 4.98 Å². The maximum absolute atomic E-state index is 11.4. The van der Waals surface area contributed by atoms with E-state index in [1.807, 2.05) is 42.3 Å². The molecule has 0 unspecified atom stereocenters. The van der Waals surface area contributed by atoms with Crippen LogP contribution in [0, 0.1) is 0 Å². The van der Waals surface area contributed by atoms with Crippen LogP contribution >= 0.6 is 0 Å². The number of rotatable bonds is 5. The van der Waals surface area contributed by atoms with Crippen LogP contribution in [0.4, 0.5) is 5.95 Å². The van der Waals surface area contributed by atoms with Crippen molar-refractivity contribution in [2.24, 2.45) is 4.99 Å². The fourth-order valence-electron chi connectivity index (χ4n) is 3.17. The van der Waals surface area contributed by atoms with E-state index in [1.54, 1.807) is 16.8 Å². The number of benzene rings is 1. The Labute approximate surface area is 170 Å². The molecule has 0 radical (unpaired) electrons. The minimum Gasteiger partial charge on any atom is -0.493 e. The van der Waals surface area contributed by atoms with Gasteiger partial charge in [0.1, 0.15) is 5.69 Å². The highest BCUT2D eigenvalue weighted by molar-refractivity contribution is 5.57. The van der Waals surface area contributed by atoms with Crippen LogP contribution in [0.5, 0.6) is 5.88 Å². The molecule has 1 aliphatic rings. The minimum absolute atomic E-state index is 0.238. The van der Waals surface area contributed by atoms with Gasteiger partial charge in [-0.2, -0.15) is 19.6 Å². The molecule has 3 heterocycles. The van der Waals surface area contributed by atoms with E-state index in [9.17, 15) is 9.90 Å². The van der Waals surface area contributed by atoms with E-state index < -0.39 is 5.69 Å². The van der Waals surface area contributed by atoms with Gasteiger partial charge < -0.3 is 15.0 Å². The van der Waals surface area contributed by atoms with Gasteiger partial charge in [-0.1, -0.05) is 30.3 Å². The molecule has 1 saturated carbocycles. The summed E-state index contributed by atoms with van der Waals surface area (Å²) >= 11 is 0. The van der Waals surface area contributed by atoms with E-state index in [-0.39, 0.29) is 17.6 Å².